The molecule has 0 aromatic heterocycles. The molecule has 14 heavy (non-hydrogen) atoms. The zero-order chi connectivity index (χ0) is 10.8. The molecular weight excluding hydrogens is 174 g/mol. The van der Waals surface area contributed by atoms with Crippen LogP contribution >= 0.6 is 0 Å². The van der Waals surface area contributed by atoms with E-state index in [0.717, 1.165) is 19.6 Å². The molecule has 0 bridgehead atoms. The molecule has 0 fully saturated rings. The highest BCUT2D eigenvalue weighted by molar-refractivity contribution is 4.55. The molecule has 0 rings (SSSR count). The van der Waals surface area contributed by atoms with Crippen molar-refractivity contribution in [3.05, 3.63) is 0 Å². The maximum Gasteiger partial charge on any atom is 0.00103 e. The van der Waals surface area contributed by atoms with Crippen LogP contribution < -0.4 is 10.6 Å². The highest BCUT2D eigenvalue weighted by Gasteiger charge is 1.92. The first-order valence-corrected chi connectivity index (χ1v) is 5.71. The largest absolute Gasteiger partial charge is 0.317 e. The van der Waals surface area contributed by atoms with Gasteiger partial charge in [0.1, 0.15) is 0 Å². The van der Waals surface area contributed by atoms with Gasteiger partial charge >= 0.3 is 0 Å². The molecule has 0 aliphatic heterocycles. The molecule has 0 saturated heterocycles. The highest BCUT2D eigenvalue weighted by Crippen LogP contribution is 1.82. The normalized spacial score (nSPS) is 11.6. The second-order valence-electron chi connectivity index (χ2n) is 4.37. The van der Waals surface area contributed by atoms with Crippen molar-refractivity contribution in [3.63, 3.8) is 0 Å². The van der Waals surface area contributed by atoms with Crippen LogP contribution in [0.2, 0.25) is 0 Å². The number of nitrogens with zero attached hydrogens (tertiary/aromatic N) is 1. The molecule has 0 amide bonds. The molecule has 0 unspecified atom stereocenters. The molecule has 0 aliphatic rings. The molecule has 0 aliphatic carbocycles. The molecule has 3 heteroatoms. The van der Waals surface area contributed by atoms with Crippen molar-refractivity contribution in [3.8, 4) is 0 Å². The van der Waals surface area contributed by atoms with Crippen molar-refractivity contribution in [2.24, 2.45) is 0 Å². The van der Waals surface area contributed by atoms with Gasteiger partial charge in [-0.15, -0.1) is 0 Å². The zero-order valence-electron chi connectivity index (χ0n) is 10.3. The molecular formula is C11H27N3. The smallest absolute Gasteiger partial charge is 0.00103 e. The Kier molecular flexibility index (Phi) is 9.35. The molecule has 0 spiro atoms. The van der Waals surface area contributed by atoms with Crippen LogP contribution in [-0.4, -0.2) is 51.2 Å². The lowest BCUT2D eigenvalue weighted by atomic mass is 10.3. The van der Waals surface area contributed by atoms with Crippen LogP contribution in [0.4, 0.5) is 0 Å². The number of hydrogen-bond acceptors (Lipinski definition) is 3. The Labute approximate surface area is 89.2 Å². The van der Waals surface area contributed by atoms with Crippen molar-refractivity contribution in [2.75, 3.05) is 40.3 Å². The lowest BCUT2D eigenvalue weighted by molar-refractivity contribution is 0.394. The Morgan fingerprint density at radius 3 is 2.21 bits per heavy atom. The molecule has 0 atom stereocenters. The average molecular weight is 201 g/mol. The summed E-state index contributed by atoms with van der Waals surface area (Å²) in [6, 6.07) is 0.615. The van der Waals surface area contributed by atoms with E-state index in [-0.39, 0.29) is 0 Å². The van der Waals surface area contributed by atoms with Gasteiger partial charge in [0.05, 0.1) is 0 Å². The topological polar surface area (TPSA) is 27.3 Å². The monoisotopic (exact) mass is 201 g/mol. The third-order valence-electron chi connectivity index (χ3n) is 2.04. The van der Waals surface area contributed by atoms with Crippen molar-refractivity contribution >= 4 is 0 Å². The van der Waals surface area contributed by atoms with Crippen LogP contribution in [0.3, 0.4) is 0 Å². The standard InChI is InChI=1S/C11H27N3/c1-11(2)13-9-5-7-12-8-6-10-14(3)4/h11-13H,5-10H2,1-4H3. The van der Waals surface area contributed by atoms with Crippen LogP contribution in [0.25, 0.3) is 0 Å². The van der Waals surface area contributed by atoms with Gasteiger partial charge in [-0.2, -0.15) is 0 Å². The molecule has 2 N–H and O–H groups in total. The number of nitrogens with one attached hydrogen (secondary N) is 2. The van der Waals surface area contributed by atoms with Crippen LogP contribution in [0, 0.1) is 0 Å². The maximum absolute atomic E-state index is 3.45. The summed E-state index contributed by atoms with van der Waals surface area (Å²) in [6.45, 7) is 8.94. The van der Waals surface area contributed by atoms with Gasteiger partial charge in [-0.25, -0.2) is 0 Å². The van der Waals surface area contributed by atoms with Crippen LogP contribution in [-0.2, 0) is 0 Å². The van der Waals surface area contributed by atoms with Gasteiger partial charge in [0, 0.05) is 6.04 Å². The van der Waals surface area contributed by atoms with E-state index in [9.17, 15) is 0 Å². The van der Waals surface area contributed by atoms with E-state index in [1.54, 1.807) is 0 Å². The predicted molar refractivity (Wildman–Crippen MR) is 63.8 cm³/mol. The average Bonchev–Trinajstić information content (AvgIpc) is 2.08. The van der Waals surface area contributed by atoms with Crippen molar-refractivity contribution < 1.29 is 0 Å². The lowest BCUT2D eigenvalue weighted by Gasteiger charge is -2.10. The van der Waals surface area contributed by atoms with Gasteiger partial charge < -0.3 is 15.5 Å². The first-order chi connectivity index (χ1) is 6.63. The minimum Gasteiger partial charge on any atom is -0.317 e. The fourth-order valence-electron chi connectivity index (χ4n) is 1.25. The van der Waals surface area contributed by atoms with E-state index in [0.29, 0.717) is 6.04 Å². The summed E-state index contributed by atoms with van der Waals surface area (Å²) in [4.78, 5) is 2.22. The van der Waals surface area contributed by atoms with E-state index in [1.165, 1.54) is 19.4 Å². The van der Waals surface area contributed by atoms with E-state index in [2.05, 4.69) is 43.5 Å². The van der Waals surface area contributed by atoms with Gasteiger partial charge in [-0.1, -0.05) is 13.8 Å². The third kappa shape index (κ3) is 11.9. The molecule has 0 aromatic carbocycles. The van der Waals surface area contributed by atoms with Gasteiger partial charge in [0.25, 0.3) is 0 Å². The molecule has 0 saturated carbocycles. The Morgan fingerprint density at radius 2 is 1.64 bits per heavy atom. The minimum absolute atomic E-state index is 0.615. The minimum atomic E-state index is 0.615. The van der Waals surface area contributed by atoms with Crippen molar-refractivity contribution in [2.45, 2.75) is 32.7 Å². The zero-order valence-corrected chi connectivity index (χ0v) is 10.3. The molecule has 3 nitrogen and oxygen atoms in total. The van der Waals surface area contributed by atoms with Crippen molar-refractivity contribution in [1.82, 2.24) is 15.5 Å². The van der Waals surface area contributed by atoms with E-state index < -0.39 is 0 Å². The SMILES string of the molecule is CC(C)NCCCNCCCN(C)C. The van der Waals surface area contributed by atoms with E-state index >= 15 is 0 Å². The van der Waals surface area contributed by atoms with E-state index in [1.807, 2.05) is 0 Å². The molecule has 0 radical (unpaired) electrons. The maximum atomic E-state index is 3.45. The Morgan fingerprint density at radius 1 is 1.00 bits per heavy atom. The quantitative estimate of drug-likeness (QED) is 0.543. The van der Waals surface area contributed by atoms with Crippen molar-refractivity contribution in [1.29, 1.82) is 0 Å². The van der Waals surface area contributed by atoms with Gasteiger partial charge in [-0.05, 0) is 53.1 Å². The third-order valence-corrected chi connectivity index (χ3v) is 2.04. The molecule has 0 aromatic rings. The van der Waals surface area contributed by atoms with Gasteiger partial charge in [0.15, 0.2) is 0 Å². The first-order valence-electron chi connectivity index (χ1n) is 5.71. The summed E-state index contributed by atoms with van der Waals surface area (Å²) in [5.41, 5.74) is 0. The Balaban J connectivity index is 2.92. The van der Waals surface area contributed by atoms with Gasteiger partial charge in [-0.3, -0.25) is 0 Å². The molecule has 86 valence electrons. The highest BCUT2D eigenvalue weighted by atomic mass is 15.1. The second kappa shape index (κ2) is 9.44. The summed E-state index contributed by atoms with van der Waals surface area (Å²) in [5.74, 6) is 0. The van der Waals surface area contributed by atoms with Crippen LogP contribution in [0.1, 0.15) is 26.7 Å². The summed E-state index contributed by atoms with van der Waals surface area (Å²) >= 11 is 0. The van der Waals surface area contributed by atoms with Gasteiger partial charge in [0.2, 0.25) is 0 Å². The lowest BCUT2D eigenvalue weighted by Crippen LogP contribution is -2.28. The fraction of sp³-hybridized carbons (Fsp3) is 1.00. The summed E-state index contributed by atoms with van der Waals surface area (Å²) in [5, 5.41) is 6.85. The number of rotatable bonds is 9. The Bertz CT molecular complexity index is 99.1. The van der Waals surface area contributed by atoms with Crippen LogP contribution in [0.5, 0.6) is 0 Å². The summed E-state index contributed by atoms with van der Waals surface area (Å²) < 4.78 is 0. The predicted octanol–water partition coefficient (Wildman–Crippen LogP) is 0.916. The summed E-state index contributed by atoms with van der Waals surface area (Å²) in [7, 11) is 4.24. The second-order valence-corrected chi connectivity index (χ2v) is 4.37. The number of hydrogen-bond donors (Lipinski definition) is 2. The van der Waals surface area contributed by atoms with Crippen LogP contribution in [0.15, 0.2) is 0 Å². The Hall–Kier alpha value is -0.120. The molecule has 0 heterocycles. The van der Waals surface area contributed by atoms with E-state index in [4.69, 9.17) is 0 Å². The first kappa shape index (κ1) is 13.9. The summed E-state index contributed by atoms with van der Waals surface area (Å²) in [6.07, 6.45) is 2.46. The fourth-order valence-corrected chi connectivity index (χ4v) is 1.25.